The van der Waals surface area contributed by atoms with E-state index >= 15 is 0 Å². The van der Waals surface area contributed by atoms with Gasteiger partial charge in [0.25, 0.3) is 0 Å². The normalized spacial score (nSPS) is 26.9. The summed E-state index contributed by atoms with van der Waals surface area (Å²) in [6, 6.07) is 0.0831. The Kier molecular flexibility index (Phi) is 4.84. The van der Waals surface area contributed by atoms with Gasteiger partial charge in [-0.05, 0) is 24.7 Å². The minimum absolute atomic E-state index is 0.251. The van der Waals surface area contributed by atoms with E-state index in [2.05, 4.69) is 14.8 Å². The molecule has 3 fully saturated rings. The topological polar surface area (TPSA) is 171 Å². The number of nitrogens with zero attached hydrogens (tertiary/aromatic N) is 3. The molecule has 5 N–H and O–H groups in total. The highest BCUT2D eigenvalue weighted by Crippen LogP contribution is 2.61. The number of carbonyl (C=O) groups excluding carboxylic acids is 1. The molecular formula is C15H23N5O7S. The number of hydrogen-bond acceptors (Lipinski definition) is 9. The van der Waals surface area contributed by atoms with Crippen molar-refractivity contribution in [3.8, 4) is 0 Å². The first-order chi connectivity index (χ1) is 13.2. The van der Waals surface area contributed by atoms with Crippen LogP contribution in [0.4, 0.5) is 4.79 Å². The second-order valence-corrected chi connectivity index (χ2v) is 8.53. The molecule has 0 radical (unpaired) electrons. The number of hydrogen-bond donors (Lipinski definition) is 4. The number of aliphatic hydroxyl groups is 1. The summed E-state index contributed by atoms with van der Waals surface area (Å²) in [6.45, 7) is 1.51. The molecule has 28 heavy (non-hydrogen) atoms. The lowest BCUT2D eigenvalue weighted by atomic mass is 9.84. The van der Waals surface area contributed by atoms with Gasteiger partial charge in [-0.25, -0.2) is 4.79 Å². The van der Waals surface area contributed by atoms with Gasteiger partial charge in [0, 0.05) is 32.2 Å². The summed E-state index contributed by atoms with van der Waals surface area (Å²) in [6.07, 6.45) is 1.29. The number of rotatable bonds is 8. The number of nitrogens with one attached hydrogen (secondary N) is 1. The highest BCUT2D eigenvalue weighted by atomic mass is 32.3. The van der Waals surface area contributed by atoms with Gasteiger partial charge in [-0.2, -0.15) is 13.5 Å². The fourth-order valence-corrected chi connectivity index (χ4v) is 4.51. The van der Waals surface area contributed by atoms with Crippen LogP contribution in [-0.2, 0) is 14.7 Å². The fourth-order valence-electron chi connectivity index (χ4n) is 4.14. The van der Waals surface area contributed by atoms with Gasteiger partial charge in [0.15, 0.2) is 5.76 Å². The first kappa shape index (κ1) is 19.5. The number of aliphatic hydroxyl groups excluding tert-OH is 1. The highest BCUT2D eigenvalue weighted by molar-refractivity contribution is 7.80. The van der Waals surface area contributed by atoms with Gasteiger partial charge in [-0.3, -0.25) is 4.55 Å². The average molecular weight is 417 g/mol. The second-order valence-electron chi connectivity index (χ2n) is 7.52. The minimum atomic E-state index is -4.81. The molecule has 13 heteroatoms. The molecule has 12 nitrogen and oxygen atoms in total. The van der Waals surface area contributed by atoms with Crippen LogP contribution in [0.1, 0.15) is 42.9 Å². The molecule has 2 amide bonds. The Hall–Kier alpha value is -1.77. The number of piperidine rings is 1. The lowest BCUT2D eigenvalue weighted by molar-refractivity contribution is -0.0527. The maximum absolute atomic E-state index is 12.7. The quantitative estimate of drug-likeness (QED) is 0.314. The Labute approximate surface area is 161 Å². The van der Waals surface area contributed by atoms with Crippen LogP contribution in [0.5, 0.6) is 0 Å². The van der Waals surface area contributed by atoms with Crippen molar-refractivity contribution in [2.24, 2.45) is 11.1 Å². The van der Waals surface area contributed by atoms with E-state index in [4.69, 9.17) is 14.8 Å². The van der Waals surface area contributed by atoms with Crippen LogP contribution in [0.15, 0.2) is 10.6 Å². The van der Waals surface area contributed by atoms with Crippen LogP contribution in [0, 0.1) is 5.41 Å². The number of urea groups is 1. The molecule has 2 saturated heterocycles. The monoisotopic (exact) mass is 417 g/mol. The zero-order valence-electron chi connectivity index (χ0n) is 15.0. The Morgan fingerprint density at radius 1 is 1.50 bits per heavy atom. The van der Waals surface area contributed by atoms with E-state index < -0.39 is 34.6 Å². The maximum atomic E-state index is 12.7. The van der Waals surface area contributed by atoms with Crippen molar-refractivity contribution in [3.63, 3.8) is 0 Å². The third kappa shape index (κ3) is 3.49. The Morgan fingerprint density at radius 2 is 2.25 bits per heavy atom. The number of fused-ring (bicyclic) bond motifs is 3. The van der Waals surface area contributed by atoms with E-state index in [0.717, 1.165) is 17.9 Å². The van der Waals surface area contributed by atoms with Crippen molar-refractivity contribution in [2.75, 3.05) is 26.2 Å². The Balaban J connectivity index is 1.53. The molecule has 156 valence electrons. The molecule has 0 unspecified atom stereocenters. The molecule has 2 bridgehead atoms. The maximum Gasteiger partial charge on any atom is 0.418 e. The first-order valence-electron chi connectivity index (χ1n) is 9.06. The van der Waals surface area contributed by atoms with Crippen molar-refractivity contribution in [1.29, 1.82) is 0 Å². The minimum Gasteiger partial charge on any atom is -0.384 e. The first-order valence-corrected chi connectivity index (χ1v) is 10.4. The van der Waals surface area contributed by atoms with E-state index in [1.54, 1.807) is 6.07 Å². The Morgan fingerprint density at radius 3 is 2.89 bits per heavy atom. The molecule has 1 aromatic heterocycles. The van der Waals surface area contributed by atoms with Crippen LogP contribution in [0.3, 0.4) is 0 Å². The zero-order chi connectivity index (χ0) is 20.1. The number of nitrogens with two attached hydrogens (primary N) is 1. The molecule has 1 aromatic rings. The fraction of sp³-hybridized carbons (Fsp3) is 0.733. The van der Waals surface area contributed by atoms with Gasteiger partial charge in [0.1, 0.15) is 11.8 Å². The number of carbonyl (C=O) groups is 1. The smallest absolute Gasteiger partial charge is 0.384 e. The van der Waals surface area contributed by atoms with Crippen LogP contribution < -0.4 is 11.1 Å². The van der Waals surface area contributed by atoms with Crippen LogP contribution in [-0.4, -0.2) is 71.4 Å². The van der Waals surface area contributed by atoms with E-state index in [1.165, 1.54) is 4.90 Å². The standard InChI is InChI=1S/C15H23N5O7S/c16-3-4-17-7-11(21)12-5-9(18-26-12)10-6-15(1-2-15)13-8-19(10)14(22)20(13)27-28(23,24)25/h5,10-11,13,17,21H,1-4,6-8,16H2,(H,23,24,25)/t10-,11-,13-/m0/s1. The van der Waals surface area contributed by atoms with Gasteiger partial charge < -0.3 is 25.6 Å². The zero-order valence-corrected chi connectivity index (χ0v) is 15.8. The van der Waals surface area contributed by atoms with E-state index in [0.29, 0.717) is 25.2 Å². The summed E-state index contributed by atoms with van der Waals surface area (Å²) >= 11 is 0. The molecule has 0 aromatic carbocycles. The van der Waals surface area contributed by atoms with Crippen molar-refractivity contribution >= 4 is 16.4 Å². The lowest BCUT2D eigenvalue weighted by Gasteiger charge is -2.35. The molecule has 1 spiro atoms. The van der Waals surface area contributed by atoms with Gasteiger partial charge >= 0.3 is 16.4 Å². The van der Waals surface area contributed by atoms with Crippen molar-refractivity contribution in [1.82, 2.24) is 20.4 Å². The van der Waals surface area contributed by atoms with Gasteiger partial charge in [-0.15, -0.1) is 4.28 Å². The SMILES string of the molecule is NCCNC[C@H](O)c1cc([C@@H]2CC3(CC3)[C@@H]3CN2C(=O)N3OS(=O)(=O)O)no1. The van der Waals surface area contributed by atoms with Crippen molar-refractivity contribution in [3.05, 3.63) is 17.5 Å². The number of amides is 2. The average Bonchev–Trinajstić information content (AvgIpc) is 3.12. The molecule has 3 aliphatic rings. The highest BCUT2D eigenvalue weighted by Gasteiger charge is 2.64. The summed E-state index contributed by atoms with van der Waals surface area (Å²) in [5, 5.41) is 17.9. The molecule has 1 saturated carbocycles. The van der Waals surface area contributed by atoms with Crippen molar-refractivity contribution < 1.29 is 31.7 Å². The largest absolute Gasteiger partial charge is 0.418 e. The summed E-state index contributed by atoms with van der Waals surface area (Å²) in [4.78, 5) is 14.2. The predicted octanol–water partition coefficient (Wildman–Crippen LogP) is -0.678. The van der Waals surface area contributed by atoms with Gasteiger partial charge in [-0.1, -0.05) is 5.16 Å². The number of aromatic nitrogens is 1. The lowest BCUT2D eigenvalue weighted by Crippen LogP contribution is -2.43. The van der Waals surface area contributed by atoms with Gasteiger partial charge in [0.05, 0.1) is 12.1 Å². The summed E-state index contributed by atoms with van der Waals surface area (Å²) in [5.41, 5.74) is 5.61. The summed E-state index contributed by atoms with van der Waals surface area (Å²) < 4.78 is 41.1. The predicted molar refractivity (Wildman–Crippen MR) is 92.8 cm³/mol. The van der Waals surface area contributed by atoms with Crippen LogP contribution in [0.25, 0.3) is 0 Å². The number of hydroxylamine groups is 2. The Bertz CT molecular complexity index is 855. The molecule has 4 rings (SSSR count). The second kappa shape index (κ2) is 6.93. The van der Waals surface area contributed by atoms with E-state index in [9.17, 15) is 18.3 Å². The molecule has 3 atom stereocenters. The van der Waals surface area contributed by atoms with E-state index in [1.807, 2.05) is 0 Å². The molecule has 3 heterocycles. The van der Waals surface area contributed by atoms with Crippen LogP contribution >= 0.6 is 0 Å². The van der Waals surface area contributed by atoms with Gasteiger partial charge in [0.2, 0.25) is 0 Å². The molecule has 1 aliphatic carbocycles. The molecule has 2 aliphatic heterocycles. The summed E-state index contributed by atoms with van der Waals surface area (Å²) in [7, 11) is -4.81. The van der Waals surface area contributed by atoms with Crippen LogP contribution in [0.2, 0.25) is 0 Å². The third-order valence-electron chi connectivity index (χ3n) is 5.71. The molecular weight excluding hydrogens is 394 g/mol. The third-order valence-corrected chi connectivity index (χ3v) is 6.06. The summed E-state index contributed by atoms with van der Waals surface area (Å²) in [5.74, 6) is 0.268. The van der Waals surface area contributed by atoms with E-state index in [-0.39, 0.29) is 24.3 Å². The van der Waals surface area contributed by atoms with Crippen molar-refractivity contribution in [2.45, 2.75) is 37.5 Å².